The number of amides is 3. The smallest absolute Gasteiger partial charge is 0.329 e. The van der Waals surface area contributed by atoms with Gasteiger partial charge in [0, 0.05) is 25.2 Å². The molecule has 3 amide bonds. The molecule has 0 unspecified atom stereocenters. The number of piperidine rings is 1. The molecular weight excluding hydrogens is 556 g/mol. The van der Waals surface area contributed by atoms with Crippen LogP contribution in [0.5, 0.6) is 0 Å². The van der Waals surface area contributed by atoms with Crippen LogP contribution in [0.4, 0.5) is 0 Å². The second kappa shape index (κ2) is 21.5. The molecule has 9 nitrogen and oxygen atoms in total. The third-order valence-electron chi connectivity index (χ3n) is 7.75. The number of nitrogens with zero attached hydrogens (tertiary/aromatic N) is 3. The highest BCUT2D eigenvalue weighted by molar-refractivity contribution is 5.96. The van der Waals surface area contributed by atoms with Gasteiger partial charge in [-0.3, -0.25) is 14.4 Å². The van der Waals surface area contributed by atoms with Gasteiger partial charge in [0.25, 0.3) is 0 Å². The average Bonchev–Trinajstić information content (AvgIpc) is 3.52. The Labute approximate surface area is 266 Å². The van der Waals surface area contributed by atoms with Crippen molar-refractivity contribution in [2.24, 2.45) is 5.92 Å². The second-order valence-electron chi connectivity index (χ2n) is 12.2. The molecule has 0 saturated carbocycles. The summed E-state index contributed by atoms with van der Waals surface area (Å²) in [5, 5.41) is 2.37. The van der Waals surface area contributed by atoms with Crippen molar-refractivity contribution in [1.29, 1.82) is 0 Å². The Balaban J connectivity index is 0.000000672. The first-order chi connectivity index (χ1) is 21.0. The van der Waals surface area contributed by atoms with Crippen LogP contribution < -0.4 is 5.32 Å². The molecule has 44 heavy (non-hydrogen) atoms. The molecule has 2 heterocycles. The molecule has 0 spiro atoms. The van der Waals surface area contributed by atoms with E-state index in [0.717, 1.165) is 18.0 Å². The molecule has 0 aromatic heterocycles. The fourth-order valence-corrected chi connectivity index (χ4v) is 5.24. The van der Waals surface area contributed by atoms with Crippen LogP contribution in [0.15, 0.2) is 42.0 Å². The van der Waals surface area contributed by atoms with E-state index >= 15 is 0 Å². The predicted octanol–water partition coefficient (Wildman–Crippen LogP) is 5.19. The maximum atomic E-state index is 13.1. The van der Waals surface area contributed by atoms with E-state index in [0.29, 0.717) is 24.9 Å². The lowest BCUT2D eigenvalue weighted by atomic mass is 9.99. The molecular formula is C35H58N4O5. The summed E-state index contributed by atoms with van der Waals surface area (Å²) in [6, 6.07) is 9.25. The van der Waals surface area contributed by atoms with E-state index in [1.54, 1.807) is 24.9 Å². The van der Waals surface area contributed by atoms with Gasteiger partial charge in [-0.15, -0.1) is 0 Å². The maximum absolute atomic E-state index is 13.1. The number of carbonyl (C=O) groups excluding carboxylic acids is 4. The molecule has 2 saturated heterocycles. The molecule has 248 valence electrons. The minimum absolute atomic E-state index is 0.0492. The number of hydrogen-bond donors (Lipinski definition) is 1. The number of nitrogens with one attached hydrogen (secondary N) is 1. The summed E-state index contributed by atoms with van der Waals surface area (Å²) < 4.78 is 5.46. The highest BCUT2D eigenvalue weighted by Crippen LogP contribution is 2.23. The number of benzene rings is 1. The van der Waals surface area contributed by atoms with Crippen LogP contribution in [-0.4, -0.2) is 90.2 Å². The van der Waals surface area contributed by atoms with Crippen LogP contribution in [0.2, 0.25) is 0 Å². The van der Waals surface area contributed by atoms with E-state index in [4.69, 9.17) is 4.74 Å². The molecule has 1 aromatic rings. The number of hydrogen-bond acceptors (Lipinski definition) is 6. The second-order valence-corrected chi connectivity index (χ2v) is 12.2. The first kappa shape index (κ1) is 38.8. The van der Waals surface area contributed by atoms with Gasteiger partial charge in [-0.05, 0) is 71.0 Å². The van der Waals surface area contributed by atoms with Crippen LogP contribution in [0, 0.1) is 5.92 Å². The Hall–Kier alpha value is -3.20. The average molecular weight is 615 g/mol. The van der Waals surface area contributed by atoms with Gasteiger partial charge in [-0.25, -0.2) is 4.79 Å². The molecule has 2 fully saturated rings. The van der Waals surface area contributed by atoms with E-state index in [-0.39, 0.29) is 36.9 Å². The van der Waals surface area contributed by atoms with Crippen molar-refractivity contribution in [3.63, 3.8) is 0 Å². The fraction of sp³-hybridized carbons (Fsp3) is 0.657. The van der Waals surface area contributed by atoms with Gasteiger partial charge in [0.05, 0.1) is 12.6 Å². The largest absolute Gasteiger partial charge is 0.459 e. The van der Waals surface area contributed by atoms with Crippen LogP contribution in [-0.2, 0) is 30.5 Å². The molecule has 2 aliphatic rings. The number of likely N-dealkylation sites (tertiary alicyclic amines) is 2. The predicted molar refractivity (Wildman–Crippen MR) is 177 cm³/mol. The van der Waals surface area contributed by atoms with Gasteiger partial charge < -0.3 is 24.8 Å². The first-order valence-corrected chi connectivity index (χ1v) is 16.3. The normalized spacial score (nSPS) is 17.5. The zero-order valence-corrected chi connectivity index (χ0v) is 28.5. The molecule has 0 aliphatic carbocycles. The standard InChI is InChI=1S/C24H33N3O5.C8H17N.C3H8/c1-17(2)21(26(4)22(29)14-25-16-28)13-18(3)23(30)27-12-8-11-20(27)24(31)32-15-19-9-6-5-7-10-19;1-8(2)9-6-4-3-5-7-9;1-3-2/h5-7,9-10,13,16-17,20-21H,8,11-12,14-15H2,1-4H3,(H,25,28);8H,3-7H2,1-2H3;3H2,1-2H3/b18-13+;;/t20-,21+;;/m0../s1. The summed E-state index contributed by atoms with van der Waals surface area (Å²) in [5.74, 6) is -0.842. The molecule has 1 aromatic carbocycles. The Morgan fingerprint density at radius 3 is 2.14 bits per heavy atom. The molecule has 2 aliphatic heterocycles. The summed E-state index contributed by atoms with van der Waals surface area (Å²) in [4.78, 5) is 54.2. The third kappa shape index (κ3) is 13.6. The number of ether oxygens (including phenoxy) is 1. The monoisotopic (exact) mass is 614 g/mol. The summed E-state index contributed by atoms with van der Waals surface area (Å²) in [5.41, 5.74) is 1.36. The topological polar surface area (TPSA) is 99.3 Å². The Bertz CT molecular complexity index is 1020. The highest BCUT2D eigenvalue weighted by atomic mass is 16.5. The molecule has 2 atom stereocenters. The molecule has 0 bridgehead atoms. The van der Waals surface area contributed by atoms with Crippen molar-refractivity contribution in [3.05, 3.63) is 47.5 Å². The SMILES string of the molecule is C/C(=C\[C@H](C(C)C)N(C)C(=O)CNC=O)C(=O)N1CCC[C@H]1C(=O)OCc1ccccc1.CC(C)N1CCCCC1.CCC. The lowest BCUT2D eigenvalue weighted by molar-refractivity contribution is -0.153. The third-order valence-corrected chi connectivity index (χ3v) is 7.75. The lowest BCUT2D eigenvalue weighted by Gasteiger charge is -2.30. The minimum Gasteiger partial charge on any atom is -0.459 e. The van der Waals surface area contributed by atoms with Gasteiger partial charge in [-0.2, -0.15) is 0 Å². The van der Waals surface area contributed by atoms with Crippen LogP contribution in [0.25, 0.3) is 0 Å². The summed E-state index contributed by atoms with van der Waals surface area (Å²) >= 11 is 0. The zero-order chi connectivity index (χ0) is 33.1. The van der Waals surface area contributed by atoms with E-state index in [1.807, 2.05) is 44.2 Å². The van der Waals surface area contributed by atoms with Crippen molar-refractivity contribution >= 4 is 24.2 Å². The van der Waals surface area contributed by atoms with Crippen molar-refractivity contribution < 1.29 is 23.9 Å². The lowest BCUT2D eigenvalue weighted by Crippen LogP contribution is -2.44. The van der Waals surface area contributed by atoms with Gasteiger partial charge in [0.15, 0.2) is 0 Å². The Morgan fingerprint density at radius 1 is 1.00 bits per heavy atom. The Morgan fingerprint density at radius 2 is 1.61 bits per heavy atom. The van der Waals surface area contributed by atoms with Crippen LogP contribution >= 0.6 is 0 Å². The van der Waals surface area contributed by atoms with Gasteiger partial charge in [0.2, 0.25) is 18.2 Å². The first-order valence-electron chi connectivity index (χ1n) is 16.3. The van der Waals surface area contributed by atoms with Crippen molar-refractivity contribution in [2.45, 2.75) is 112 Å². The Kier molecular flexibility index (Phi) is 19.0. The zero-order valence-electron chi connectivity index (χ0n) is 28.5. The van der Waals surface area contributed by atoms with Gasteiger partial charge in [0.1, 0.15) is 12.6 Å². The quantitative estimate of drug-likeness (QED) is 0.209. The highest BCUT2D eigenvalue weighted by Gasteiger charge is 2.36. The molecule has 0 radical (unpaired) electrons. The summed E-state index contributed by atoms with van der Waals surface area (Å²) in [7, 11) is 1.65. The van der Waals surface area contributed by atoms with Gasteiger partial charge >= 0.3 is 5.97 Å². The van der Waals surface area contributed by atoms with Gasteiger partial charge in [-0.1, -0.05) is 76.9 Å². The van der Waals surface area contributed by atoms with E-state index in [2.05, 4.69) is 37.9 Å². The van der Waals surface area contributed by atoms with Crippen LogP contribution in [0.1, 0.15) is 92.6 Å². The van der Waals surface area contributed by atoms with Crippen molar-refractivity contribution in [2.75, 3.05) is 33.2 Å². The summed E-state index contributed by atoms with van der Waals surface area (Å²) in [6.07, 6.45) is 9.06. The summed E-state index contributed by atoms with van der Waals surface area (Å²) in [6.45, 7) is 17.6. The molecule has 1 N–H and O–H groups in total. The van der Waals surface area contributed by atoms with Crippen molar-refractivity contribution in [1.82, 2.24) is 20.0 Å². The van der Waals surface area contributed by atoms with E-state index in [1.165, 1.54) is 43.7 Å². The van der Waals surface area contributed by atoms with E-state index < -0.39 is 12.0 Å². The minimum atomic E-state index is -0.608. The maximum Gasteiger partial charge on any atom is 0.329 e. The number of esters is 1. The van der Waals surface area contributed by atoms with Crippen molar-refractivity contribution in [3.8, 4) is 0 Å². The number of likely N-dealkylation sites (N-methyl/N-ethyl adjacent to an activating group) is 1. The van der Waals surface area contributed by atoms with E-state index in [9.17, 15) is 19.2 Å². The molecule has 3 rings (SSSR count). The van der Waals surface area contributed by atoms with Crippen LogP contribution in [0.3, 0.4) is 0 Å². The fourth-order valence-electron chi connectivity index (χ4n) is 5.24. The number of rotatable bonds is 11. The molecule has 9 heteroatoms. The number of carbonyl (C=O) groups is 4.